The maximum Gasteiger partial charge on any atom is 0.242 e. The van der Waals surface area contributed by atoms with Crippen molar-refractivity contribution < 1.29 is 4.79 Å². The number of nitrogens with one attached hydrogen (secondary N) is 2. The number of guanidine groups is 1. The lowest BCUT2D eigenvalue weighted by molar-refractivity contribution is -0.119. The lowest BCUT2D eigenvalue weighted by atomic mass is 10.3. The van der Waals surface area contributed by atoms with Crippen LogP contribution in [0.2, 0.25) is 0 Å². The lowest BCUT2D eigenvalue weighted by Crippen LogP contribution is -2.48. The van der Waals surface area contributed by atoms with Crippen molar-refractivity contribution in [2.24, 2.45) is 4.99 Å². The Labute approximate surface area is 126 Å². The second-order valence-electron chi connectivity index (χ2n) is 5.36. The fraction of sp³-hybridized carbons (Fsp3) is 0.857. The van der Waals surface area contributed by atoms with Crippen molar-refractivity contribution in [2.45, 2.75) is 44.4 Å². The summed E-state index contributed by atoms with van der Waals surface area (Å²) in [7, 11) is 0. The van der Waals surface area contributed by atoms with Gasteiger partial charge < -0.3 is 15.5 Å². The van der Waals surface area contributed by atoms with Crippen molar-refractivity contribution in [2.75, 3.05) is 31.9 Å². The molecular weight excluding hydrogens is 272 g/mol. The van der Waals surface area contributed by atoms with E-state index in [1.165, 1.54) is 6.42 Å². The maximum absolute atomic E-state index is 11.7. The van der Waals surface area contributed by atoms with Gasteiger partial charge in [-0.25, -0.2) is 4.99 Å². The molecule has 1 saturated carbocycles. The molecule has 1 saturated heterocycles. The Bertz CT molecular complexity index is 357. The molecule has 1 aliphatic heterocycles. The molecule has 2 fully saturated rings. The molecule has 20 heavy (non-hydrogen) atoms. The monoisotopic (exact) mass is 298 g/mol. The number of hydrogen-bond donors (Lipinski definition) is 2. The SMILES string of the molecule is CCNC(=NCC(=O)NC1CC1)N1CCSC(CC)C1. The number of hydrogen-bond acceptors (Lipinski definition) is 3. The van der Waals surface area contributed by atoms with Gasteiger partial charge in [-0.3, -0.25) is 4.79 Å². The average Bonchev–Trinajstić information content (AvgIpc) is 3.27. The zero-order valence-electron chi connectivity index (χ0n) is 12.5. The Morgan fingerprint density at radius 1 is 1.40 bits per heavy atom. The first kappa shape index (κ1) is 15.5. The Morgan fingerprint density at radius 2 is 2.20 bits per heavy atom. The van der Waals surface area contributed by atoms with Crippen LogP contribution in [0.5, 0.6) is 0 Å². The van der Waals surface area contributed by atoms with Gasteiger partial charge in [0.1, 0.15) is 6.54 Å². The molecular formula is C14H26N4OS. The second kappa shape index (κ2) is 7.76. The van der Waals surface area contributed by atoms with Crippen molar-refractivity contribution in [1.82, 2.24) is 15.5 Å². The highest BCUT2D eigenvalue weighted by atomic mass is 32.2. The number of carbonyl (C=O) groups excluding carboxylic acids is 1. The fourth-order valence-corrected chi connectivity index (χ4v) is 3.41. The van der Waals surface area contributed by atoms with E-state index in [-0.39, 0.29) is 12.5 Å². The van der Waals surface area contributed by atoms with E-state index in [0.29, 0.717) is 11.3 Å². The van der Waals surface area contributed by atoms with Crippen LogP contribution in [-0.2, 0) is 4.79 Å². The molecule has 0 bridgehead atoms. The summed E-state index contributed by atoms with van der Waals surface area (Å²) in [6, 6.07) is 0.413. The van der Waals surface area contributed by atoms with Gasteiger partial charge >= 0.3 is 0 Å². The molecule has 2 N–H and O–H groups in total. The van der Waals surface area contributed by atoms with E-state index in [1.807, 2.05) is 11.8 Å². The maximum atomic E-state index is 11.7. The van der Waals surface area contributed by atoms with E-state index < -0.39 is 0 Å². The molecule has 1 unspecified atom stereocenters. The highest BCUT2D eigenvalue weighted by Crippen LogP contribution is 2.21. The zero-order chi connectivity index (χ0) is 14.4. The van der Waals surface area contributed by atoms with E-state index in [9.17, 15) is 4.79 Å². The molecule has 1 aliphatic carbocycles. The molecule has 1 atom stereocenters. The third-order valence-corrected chi connectivity index (χ3v) is 4.92. The van der Waals surface area contributed by atoms with E-state index in [1.54, 1.807) is 0 Å². The normalized spacial score (nSPS) is 23.6. The largest absolute Gasteiger partial charge is 0.357 e. The van der Waals surface area contributed by atoms with Crippen molar-refractivity contribution in [3.63, 3.8) is 0 Å². The molecule has 1 heterocycles. The third-order valence-electron chi connectivity index (χ3n) is 3.54. The van der Waals surface area contributed by atoms with Crippen LogP contribution < -0.4 is 10.6 Å². The first-order valence-corrected chi connectivity index (χ1v) is 8.72. The Balaban J connectivity index is 1.88. The van der Waals surface area contributed by atoms with Gasteiger partial charge in [0, 0.05) is 36.7 Å². The molecule has 0 spiro atoms. The van der Waals surface area contributed by atoms with Crippen LogP contribution in [0, 0.1) is 0 Å². The van der Waals surface area contributed by atoms with Gasteiger partial charge in [0.05, 0.1) is 0 Å². The van der Waals surface area contributed by atoms with Crippen LogP contribution in [0.25, 0.3) is 0 Å². The van der Waals surface area contributed by atoms with Gasteiger partial charge in [-0.05, 0) is 26.2 Å². The molecule has 2 rings (SSSR count). The minimum atomic E-state index is 0.0429. The summed E-state index contributed by atoms with van der Waals surface area (Å²) in [5, 5.41) is 6.96. The highest BCUT2D eigenvalue weighted by molar-refractivity contribution is 8.00. The second-order valence-corrected chi connectivity index (χ2v) is 6.77. The molecule has 114 valence electrons. The number of amides is 1. The molecule has 0 aromatic carbocycles. The third kappa shape index (κ3) is 4.89. The molecule has 5 nitrogen and oxygen atoms in total. The van der Waals surface area contributed by atoms with Gasteiger partial charge in [-0.2, -0.15) is 11.8 Å². The molecule has 1 amide bonds. The highest BCUT2D eigenvalue weighted by Gasteiger charge is 2.24. The molecule has 0 aromatic rings. The van der Waals surface area contributed by atoms with E-state index in [0.717, 1.165) is 44.2 Å². The average molecular weight is 298 g/mol. The lowest BCUT2D eigenvalue weighted by Gasteiger charge is -2.34. The van der Waals surface area contributed by atoms with Crippen LogP contribution >= 0.6 is 11.8 Å². The van der Waals surface area contributed by atoms with Gasteiger partial charge in [-0.15, -0.1) is 0 Å². The quantitative estimate of drug-likeness (QED) is 0.588. The molecule has 6 heteroatoms. The number of thioether (sulfide) groups is 1. The predicted octanol–water partition coefficient (Wildman–Crippen LogP) is 1.06. The predicted molar refractivity (Wildman–Crippen MR) is 85.3 cm³/mol. The number of rotatable bonds is 5. The van der Waals surface area contributed by atoms with Crippen LogP contribution in [0.3, 0.4) is 0 Å². The summed E-state index contributed by atoms with van der Waals surface area (Å²) in [4.78, 5) is 18.5. The first-order chi connectivity index (χ1) is 9.72. The number of aliphatic imine (C=N–C) groups is 1. The van der Waals surface area contributed by atoms with Crippen molar-refractivity contribution in [3.05, 3.63) is 0 Å². The van der Waals surface area contributed by atoms with Crippen molar-refractivity contribution >= 4 is 23.6 Å². The minimum Gasteiger partial charge on any atom is -0.357 e. The Kier molecular flexibility index (Phi) is 6.01. The topological polar surface area (TPSA) is 56.7 Å². The summed E-state index contributed by atoms with van der Waals surface area (Å²) < 4.78 is 0. The Hall–Kier alpha value is -0.910. The van der Waals surface area contributed by atoms with Crippen molar-refractivity contribution in [3.8, 4) is 0 Å². The Morgan fingerprint density at radius 3 is 2.85 bits per heavy atom. The first-order valence-electron chi connectivity index (χ1n) is 7.67. The summed E-state index contributed by atoms with van der Waals surface area (Å²) in [5.74, 6) is 2.07. The molecule has 2 aliphatic rings. The van der Waals surface area contributed by atoms with E-state index >= 15 is 0 Å². The summed E-state index contributed by atoms with van der Waals surface area (Å²) in [5.41, 5.74) is 0. The van der Waals surface area contributed by atoms with Crippen LogP contribution in [0.15, 0.2) is 4.99 Å². The van der Waals surface area contributed by atoms with Crippen LogP contribution in [0.4, 0.5) is 0 Å². The van der Waals surface area contributed by atoms with E-state index in [2.05, 4.69) is 34.4 Å². The van der Waals surface area contributed by atoms with Gasteiger partial charge in [-0.1, -0.05) is 6.92 Å². The van der Waals surface area contributed by atoms with Crippen molar-refractivity contribution in [1.29, 1.82) is 0 Å². The summed E-state index contributed by atoms with van der Waals surface area (Å²) >= 11 is 2.04. The van der Waals surface area contributed by atoms with Gasteiger partial charge in [0.2, 0.25) is 5.91 Å². The van der Waals surface area contributed by atoms with Crippen LogP contribution in [-0.4, -0.2) is 60.0 Å². The summed E-state index contributed by atoms with van der Waals surface area (Å²) in [6.07, 6.45) is 3.43. The van der Waals surface area contributed by atoms with E-state index in [4.69, 9.17) is 0 Å². The van der Waals surface area contributed by atoms with Crippen LogP contribution in [0.1, 0.15) is 33.1 Å². The fourth-order valence-electron chi connectivity index (χ4n) is 2.23. The smallest absolute Gasteiger partial charge is 0.242 e. The standard InChI is InChI=1S/C14H26N4OS/c1-3-12-10-18(7-8-20-12)14(15-4-2)16-9-13(19)17-11-5-6-11/h11-12H,3-10H2,1-2H3,(H,15,16)(H,17,19). The molecule has 0 radical (unpaired) electrons. The van der Waals surface area contributed by atoms with Gasteiger partial charge in [0.15, 0.2) is 5.96 Å². The van der Waals surface area contributed by atoms with Gasteiger partial charge in [0.25, 0.3) is 0 Å². The molecule has 0 aromatic heterocycles. The number of nitrogens with zero attached hydrogens (tertiary/aromatic N) is 2. The number of carbonyl (C=O) groups is 1. The zero-order valence-corrected chi connectivity index (χ0v) is 13.3. The minimum absolute atomic E-state index is 0.0429. The summed E-state index contributed by atoms with van der Waals surface area (Å²) in [6.45, 7) is 7.40.